The largest absolute Gasteiger partial charge is 0.486 e. The second kappa shape index (κ2) is 6.38. The number of non-ortho nitro benzene ring substituents is 1. The lowest BCUT2D eigenvalue weighted by Gasteiger charge is -2.11. The maximum absolute atomic E-state index is 13.7. The molecule has 3 N–H and O–H groups in total. The third kappa shape index (κ3) is 3.39. The van der Waals surface area contributed by atoms with E-state index in [1.165, 1.54) is 36.4 Å². The van der Waals surface area contributed by atoms with Gasteiger partial charge in [-0.1, -0.05) is 17.7 Å². The number of rotatable bonds is 5. The summed E-state index contributed by atoms with van der Waals surface area (Å²) in [6, 6.07) is 8.40. The quantitative estimate of drug-likeness (QED) is 0.502. The van der Waals surface area contributed by atoms with Gasteiger partial charge in [-0.15, -0.1) is 0 Å². The normalized spacial score (nSPS) is 10.2. The number of anilines is 1. The molecule has 2 aromatic carbocycles. The van der Waals surface area contributed by atoms with E-state index < -0.39 is 10.7 Å². The molecule has 8 heteroatoms. The lowest BCUT2D eigenvalue weighted by atomic mass is 10.1. The van der Waals surface area contributed by atoms with Crippen LogP contribution in [0.25, 0.3) is 0 Å². The molecule has 0 aliphatic heterocycles. The Bertz CT molecular complexity index is 682. The summed E-state index contributed by atoms with van der Waals surface area (Å²) in [6.45, 7) is -0.0987. The highest BCUT2D eigenvalue weighted by Crippen LogP contribution is 2.27. The number of nitro groups is 1. The number of nitrogens with two attached hydrogens (primary N) is 1. The zero-order valence-electron chi connectivity index (χ0n) is 10.7. The van der Waals surface area contributed by atoms with Crippen LogP contribution in [0.5, 0.6) is 5.75 Å². The first-order valence-electron chi connectivity index (χ1n) is 5.83. The van der Waals surface area contributed by atoms with E-state index >= 15 is 0 Å². The molecule has 0 saturated carbocycles. The molecule has 0 unspecified atom stereocenters. The molecule has 0 fully saturated rings. The summed E-state index contributed by atoms with van der Waals surface area (Å²) in [7, 11) is 0. The number of hydrogen-bond acceptors (Lipinski definition) is 5. The van der Waals surface area contributed by atoms with Crippen LogP contribution in [0.4, 0.5) is 15.8 Å². The lowest BCUT2D eigenvalue weighted by Crippen LogP contribution is -2.11. The van der Waals surface area contributed by atoms with E-state index in [0.29, 0.717) is 11.3 Å². The van der Waals surface area contributed by atoms with Gasteiger partial charge in [0.2, 0.25) is 0 Å². The molecule has 0 radical (unpaired) electrons. The first kappa shape index (κ1) is 15.0. The van der Waals surface area contributed by atoms with E-state index in [2.05, 4.69) is 5.43 Å². The van der Waals surface area contributed by atoms with Crippen LogP contribution in [-0.4, -0.2) is 4.92 Å². The summed E-state index contributed by atoms with van der Waals surface area (Å²) in [5.41, 5.74) is 3.16. The SMILES string of the molecule is NNc1ccc([N+](=O)[O-])cc1COc1cccc(Cl)c1F. The van der Waals surface area contributed by atoms with Crippen molar-refractivity contribution in [3.8, 4) is 5.75 Å². The van der Waals surface area contributed by atoms with E-state index in [-0.39, 0.29) is 23.1 Å². The zero-order chi connectivity index (χ0) is 15.4. The van der Waals surface area contributed by atoms with Gasteiger partial charge in [0, 0.05) is 17.7 Å². The van der Waals surface area contributed by atoms with Gasteiger partial charge in [-0.05, 0) is 18.2 Å². The number of nitrogens with one attached hydrogen (secondary N) is 1. The summed E-state index contributed by atoms with van der Waals surface area (Å²) < 4.78 is 19.0. The second-order valence-electron chi connectivity index (χ2n) is 4.08. The van der Waals surface area contributed by atoms with Gasteiger partial charge in [-0.3, -0.25) is 16.0 Å². The second-order valence-corrected chi connectivity index (χ2v) is 4.49. The number of benzene rings is 2. The fourth-order valence-electron chi connectivity index (χ4n) is 1.70. The van der Waals surface area contributed by atoms with Crippen LogP contribution in [0.15, 0.2) is 36.4 Å². The molecule has 2 aromatic rings. The van der Waals surface area contributed by atoms with Crippen molar-refractivity contribution in [2.75, 3.05) is 5.43 Å². The molecule has 2 rings (SSSR count). The number of hydrogen-bond donors (Lipinski definition) is 2. The molecule has 0 spiro atoms. The van der Waals surface area contributed by atoms with Crippen molar-refractivity contribution in [3.05, 3.63) is 62.9 Å². The minimum atomic E-state index is -0.688. The number of nitrogen functional groups attached to an aromatic ring is 1. The third-order valence-corrected chi connectivity index (χ3v) is 3.05. The number of halogens is 2. The first-order chi connectivity index (χ1) is 10.0. The Morgan fingerprint density at radius 3 is 2.81 bits per heavy atom. The summed E-state index contributed by atoms with van der Waals surface area (Å²) in [5, 5.41) is 10.7. The Morgan fingerprint density at radius 2 is 2.14 bits per heavy atom. The van der Waals surface area contributed by atoms with Gasteiger partial charge in [0.05, 0.1) is 15.6 Å². The van der Waals surface area contributed by atoms with Crippen molar-refractivity contribution in [3.63, 3.8) is 0 Å². The Balaban J connectivity index is 2.24. The average molecular weight is 312 g/mol. The van der Waals surface area contributed by atoms with Crippen molar-refractivity contribution >= 4 is 23.0 Å². The molecule has 0 heterocycles. The molecule has 21 heavy (non-hydrogen) atoms. The maximum Gasteiger partial charge on any atom is 0.269 e. The summed E-state index contributed by atoms with van der Waals surface area (Å²) in [5.74, 6) is 4.60. The van der Waals surface area contributed by atoms with Crippen LogP contribution in [0.2, 0.25) is 5.02 Å². The highest BCUT2D eigenvalue weighted by atomic mass is 35.5. The number of ether oxygens (including phenoxy) is 1. The molecule has 0 aromatic heterocycles. The number of nitro benzene ring substituents is 1. The summed E-state index contributed by atoms with van der Waals surface area (Å²) in [6.07, 6.45) is 0. The van der Waals surface area contributed by atoms with E-state index in [4.69, 9.17) is 22.2 Å². The van der Waals surface area contributed by atoms with Gasteiger partial charge in [0.25, 0.3) is 5.69 Å². The van der Waals surface area contributed by atoms with Gasteiger partial charge in [0.15, 0.2) is 11.6 Å². The van der Waals surface area contributed by atoms with Crippen molar-refractivity contribution in [1.82, 2.24) is 0 Å². The van der Waals surface area contributed by atoms with Gasteiger partial charge in [-0.2, -0.15) is 0 Å². The van der Waals surface area contributed by atoms with Crippen molar-refractivity contribution in [2.24, 2.45) is 5.84 Å². The predicted molar refractivity (Wildman–Crippen MR) is 76.6 cm³/mol. The Morgan fingerprint density at radius 1 is 1.38 bits per heavy atom. The van der Waals surface area contributed by atoms with E-state index in [1.807, 2.05) is 0 Å². The number of nitrogens with zero attached hydrogens (tertiary/aromatic N) is 1. The molecule has 6 nitrogen and oxygen atoms in total. The van der Waals surface area contributed by atoms with Crippen molar-refractivity contribution in [1.29, 1.82) is 0 Å². The summed E-state index contributed by atoms with van der Waals surface area (Å²) in [4.78, 5) is 10.2. The minimum absolute atomic E-state index is 0.0445. The molecule has 0 atom stereocenters. The smallest absolute Gasteiger partial charge is 0.269 e. The van der Waals surface area contributed by atoms with Crippen LogP contribution in [0.1, 0.15) is 5.56 Å². The maximum atomic E-state index is 13.7. The van der Waals surface area contributed by atoms with Gasteiger partial charge in [-0.25, -0.2) is 4.39 Å². The van der Waals surface area contributed by atoms with Crippen LogP contribution < -0.4 is 16.0 Å². The van der Waals surface area contributed by atoms with Crippen LogP contribution in [-0.2, 0) is 6.61 Å². The van der Waals surface area contributed by atoms with Gasteiger partial charge >= 0.3 is 0 Å². The van der Waals surface area contributed by atoms with E-state index in [0.717, 1.165) is 0 Å². The lowest BCUT2D eigenvalue weighted by molar-refractivity contribution is -0.384. The number of hydrazine groups is 1. The first-order valence-corrected chi connectivity index (χ1v) is 6.21. The molecule has 0 aliphatic rings. The fraction of sp³-hybridized carbons (Fsp3) is 0.0769. The minimum Gasteiger partial charge on any atom is -0.486 e. The summed E-state index contributed by atoms with van der Waals surface area (Å²) >= 11 is 5.64. The molecular formula is C13H11ClFN3O3. The molecule has 0 aliphatic carbocycles. The van der Waals surface area contributed by atoms with Crippen LogP contribution in [0, 0.1) is 15.9 Å². The fourth-order valence-corrected chi connectivity index (χ4v) is 1.87. The monoisotopic (exact) mass is 311 g/mol. The molecular weight excluding hydrogens is 301 g/mol. The van der Waals surface area contributed by atoms with Gasteiger partial charge in [0.1, 0.15) is 6.61 Å². The molecule has 0 bridgehead atoms. The Labute approximate surface area is 124 Å². The Hall–Kier alpha value is -2.38. The average Bonchev–Trinajstić information content (AvgIpc) is 2.48. The molecule has 110 valence electrons. The predicted octanol–water partition coefficient (Wildman–Crippen LogP) is 3.25. The highest BCUT2D eigenvalue weighted by molar-refractivity contribution is 6.30. The van der Waals surface area contributed by atoms with Crippen LogP contribution in [0.3, 0.4) is 0 Å². The third-order valence-electron chi connectivity index (χ3n) is 2.75. The highest BCUT2D eigenvalue weighted by Gasteiger charge is 2.13. The Kier molecular flexibility index (Phi) is 4.56. The van der Waals surface area contributed by atoms with Crippen LogP contribution >= 0.6 is 11.6 Å². The topological polar surface area (TPSA) is 90.4 Å². The molecule has 0 saturated heterocycles. The van der Waals surface area contributed by atoms with E-state index in [9.17, 15) is 14.5 Å². The van der Waals surface area contributed by atoms with Crippen molar-refractivity contribution in [2.45, 2.75) is 6.61 Å². The van der Waals surface area contributed by atoms with E-state index in [1.54, 1.807) is 0 Å². The zero-order valence-corrected chi connectivity index (χ0v) is 11.4. The van der Waals surface area contributed by atoms with Crippen molar-refractivity contribution < 1.29 is 14.1 Å². The standard InChI is InChI=1S/C13H11ClFN3O3/c14-10-2-1-3-12(13(10)15)21-7-8-6-9(18(19)20)4-5-11(8)17-16/h1-6,17H,7,16H2. The van der Waals surface area contributed by atoms with Gasteiger partial charge < -0.3 is 10.2 Å². The molecule has 0 amide bonds.